The number of hydrogen-bond donors (Lipinski definition) is 0. The van der Waals surface area contributed by atoms with Gasteiger partial charge in [0.05, 0.1) is 6.61 Å². The van der Waals surface area contributed by atoms with Gasteiger partial charge in [-0.25, -0.2) is 0 Å². The number of ether oxygens (including phenoxy) is 1. The standard InChI is InChI=1S/C10H11O2.K/c1-2-12-10(11)8-9-6-4-3-5-7-9;/h3-8H,2H2,1H3;/q-1;+1. The molecule has 0 saturated heterocycles. The summed E-state index contributed by atoms with van der Waals surface area (Å²) in [5, 5.41) is 0. The molecule has 0 radical (unpaired) electrons. The van der Waals surface area contributed by atoms with Crippen LogP contribution in [-0.2, 0) is 9.53 Å². The molecule has 0 bridgehead atoms. The normalized spacial score (nSPS) is 8.38. The number of carbonyl (C=O) groups is 1. The first kappa shape index (κ1) is 13.2. The fourth-order valence-corrected chi connectivity index (χ4v) is 0.869. The zero-order chi connectivity index (χ0) is 8.81. The maximum Gasteiger partial charge on any atom is 1.00 e. The quantitative estimate of drug-likeness (QED) is 0.350. The van der Waals surface area contributed by atoms with Crippen molar-refractivity contribution in [2.24, 2.45) is 0 Å². The van der Waals surface area contributed by atoms with Crippen LogP contribution in [0.1, 0.15) is 12.5 Å². The summed E-state index contributed by atoms with van der Waals surface area (Å²) in [4.78, 5) is 10.9. The second kappa shape index (κ2) is 7.59. The van der Waals surface area contributed by atoms with Gasteiger partial charge in [0.15, 0.2) is 0 Å². The van der Waals surface area contributed by atoms with Crippen molar-refractivity contribution in [3.63, 3.8) is 0 Å². The molecule has 1 aromatic rings. The van der Waals surface area contributed by atoms with Crippen molar-refractivity contribution in [3.05, 3.63) is 42.3 Å². The van der Waals surface area contributed by atoms with E-state index in [1.54, 1.807) is 6.92 Å². The Hall–Kier alpha value is 0.196. The summed E-state index contributed by atoms with van der Waals surface area (Å²) in [6.07, 6.45) is 1.48. The molecule has 2 nitrogen and oxygen atoms in total. The minimum atomic E-state index is -0.288. The molecule has 0 aromatic heterocycles. The fraction of sp³-hybridized carbons (Fsp3) is 0.200. The van der Waals surface area contributed by atoms with Crippen LogP contribution in [0.5, 0.6) is 0 Å². The number of hydrogen-bond acceptors (Lipinski definition) is 2. The second-order valence-corrected chi connectivity index (χ2v) is 2.31. The zero-order valence-electron chi connectivity index (χ0n) is 7.99. The maximum atomic E-state index is 10.9. The van der Waals surface area contributed by atoms with Gasteiger partial charge in [0.2, 0.25) is 0 Å². The van der Waals surface area contributed by atoms with Crippen molar-refractivity contribution >= 4 is 5.97 Å². The summed E-state index contributed by atoms with van der Waals surface area (Å²) >= 11 is 0. The Balaban J connectivity index is 0.00000144. The number of benzene rings is 1. The summed E-state index contributed by atoms with van der Waals surface area (Å²) in [7, 11) is 0. The average Bonchev–Trinajstić information content (AvgIpc) is 2.06. The van der Waals surface area contributed by atoms with Gasteiger partial charge in [-0.3, -0.25) is 4.79 Å². The van der Waals surface area contributed by atoms with Crippen LogP contribution < -0.4 is 51.4 Å². The predicted octanol–water partition coefficient (Wildman–Crippen LogP) is -1.19. The van der Waals surface area contributed by atoms with Crippen molar-refractivity contribution in [3.8, 4) is 0 Å². The smallest absolute Gasteiger partial charge is 0.472 e. The molecular weight excluding hydrogens is 191 g/mol. The van der Waals surface area contributed by atoms with Crippen LogP contribution in [0.3, 0.4) is 0 Å². The van der Waals surface area contributed by atoms with E-state index < -0.39 is 0 Å². The van der Waals surface area contributed by atoms with E-state index in [1.807, 2.05) is 30.3 Å². The Morgan fingerprint density at radius 2 is 2.00 bits per heavy atom. The third-order valence-electron chi connectivity index (χ3n) is 1.37. The van der Waals surface area contributed by atoms with E-state index in [0.717, 1.165) is 5.56 Å². The number of rotatable bonds is 3. The molecule has 0 saturated carbocycles. The van der Waals surface area contributed by atoms with Crippen LogP contribution in [-0.4, -0.2) is 12.6 Å². The van der Waals surface area contributed by atoms with E-state index in [4.69, 9.17) is 4.74 Å². The molecule has 0 heterocycles. The van der Waals surface area contributed by atoms with Gasteiger partial charge in [0, 0.05) is 0 Å². The van der Waals surface area contributed by atoms with Gasteiger partial charge in [-0.1, -0.05) is 12.5 Å². The summed E-state index contributed by atoms with van der Waals surface area (Å²) in [5.41, 5.74) is 0.871. The second-order valence-electron chi connectivity index (χ2n) is 2.31. The Morgan fingerprint density at radius 1 is 1.38 bits per heavy atom. The first-order valence-corrected chi connectivity index (χ1v) is 3.89. The Morgan fingerprint density at radius 3 is 2.54 bits per heavy atom. The molecule has 0 fully saturated rings. The third-order valence-corrected chi connectivity index (χ3v) is 1.37. The van der Waals surface area contributed by atoms with Gasteiger partial charge >= 0.3 is 51.4 Å². The van der Waals surface area contributed by atoms with E-state index in [2.05, 4.69) is 0 Å². The molecule has 0 aliphatic carbocycles. The van der Waals surface area contributed by atoms with Crippen LogP contribution in [0.2, 0.25) is 0 Å². The molecule has 64 valence electrons. The molecule has 1 aromatic carbocycles. The van der Waals surface area contributed by atoms with E-state index >= 15 is 0 Å². The molecule has 0 N–H and O–H groups in total. The van der Waals surface area contributed by atoms with E-state index in [9.17, 15) is 4.79 Å². The first-order valence-electron chi connectivity index (χ1n) is 3.89. The van der Waals surface area contributed by atoms with Gasteiger partial charge in [-0.05, 0) is 6.92 Å². The van der Waals surface area contributed by atoms with E-state index in [-0.39, 0.29) is 57.4 Å². The summed E-state index contributed by atoms with van der Waals surface area (Å²) in [5.74, 6) is -0.288. The molecule has 0 atom stereocenters. The van der Waals surface area contributed by atoms with Crippen LogP contribution in [0.4, 0.5) is 0 Å². The zero-order valence-corrected chi connectivity index (χ0v) is 11.1. The molecule has 3 heteroatoms. The molecule has 1 rings (SSSR count). The SMILES string of the molecule is CCOC(=O)[CH-]c1ccccc1.[K+]. The molecular formula is C10H11KO2. The molecule has 13 heavy (non-hydrogen) atoms. The number of esters is 1. The Kier molecular flexibility index (Phi) is 7.70. The van der Waals surface area contributed by atoms with Gasteiger partial charge in [-0.15, -0.1) is 12.1 Å². The van der Waals surface area contributed by atoms with Crippen LogP contribution >= 0.6 is 0 Å². The Labute approximate surface area is 121 Å². The number of carbonyl (C=O) groups excluding carboxylic acids is 1. The monoisotopic (exact) mass is 202 g/mol. The summed E-state index contributed by atoms with van der Waals surface area (Å²) in [6.45, 7) is 2.21. The Bertz CT molecular complexity index is 246. The van der Waals surface area contributed by atoms with Crippen molar-refractivity contribution in [2.45, 2.75) is 6.92 Å². The van der Waals surface area contributed by atoms with Gasteiger partial charge in [0.25, 0.3) is 5.97 Å². The van der Waals surface area contributed by atoms with Crippen LogP contribution in [0.25, 0.3) is 0 Å². The minimum Gasteiger partial charge on any atom is -0.472 e. The topological polar surface area (TPSA) is 26.3 Å². The fourth-order valence-electron chi connectivity index (χ4n) is 0.869. The van der Waals surface area contributed by atoms with Crippen molar-refractivity contribution in [2.75, 3.05) is 6.61 Å². The van der Waals surface area contributed by atoms with Crippen LogP contribution in [0.15, 0.2) is 30.3 Å². The average molecular weight is 202 g/mol. The van der Waals surface area contributed by atoms with Crippen molar-refractivity contribution in [1.29, 1.82) is 0 Å². The van der Waals surface area contributed by atoms with Crippen molar-refractivity contribution < 1.29 is 60.9 Å². The molecule has 0 unspecified atom stereocenters. The van der Waals surface area contributed by atoms with Gasteiger partial charge < -0.3 is 4.74 Å². The molecule has 0 aliphatic rings. The maximum absolute atomic E-state index is 10.9. The third kappa shape index (κ3) is 5.49. The van der Waals surface area contributed by atoms with E-state index in [1.165, 1.54) is 6.42 Å². The predicted molar refractivity (Wildman–Crippen MR) is 46.5 cm³/mol. The summed E-state index contributed by atoms with van der Waals surface area (Å²) in [6, 6.07) is 9.38. The van der Waals surface area contributed by atoms with E-state index in [0.29, 0.717) is 6.61 Å². The summed E-state index contributed by atoms with van der Waals surface area (Å²) < 4.78 is 4.75. The minimum absolute atomic E-state index is 0. The van der Waals surface area contributed by atoms with Crippen molar-refractivity contribution in [1.82, 2.24) is 0 Å². The van der Waals surface area contributed by atoms with Gasteiger partial charge in [-0.2, -0.15) is 17.7 Å². The first-order chi connectivity index (χ1) is 5.83. The van der Waals surface area contributed by atoms with Gasteiger partial charge in [0.1, 0.15) is 0 Å². The van der Waals surface area contributed by atoms with Crippen LogP contribution in [0, 0.1) is 6.42 Å². The molecule has 0 aliphatic heterocycles. The molecule has 0 spiro atoms. The molecule has 0 amide bonds. The largest absolute Gasteiger partial charge is 1.00 e.